The van der Waals surface area contributed by atoms with Crippen LogP contribution in [0.2, 0.25) is 0 Å². The first-order chi connectivity index (χ1) is 10.6. The lowest BCUT2D eigenvalue weighted by Gasteiger charge is -2.17. The highest BCUT2D eigenvalue weighted by atomic mass is 127. The maximum atomic E-state index is 12.0. The molecule has 0 saturated carbocycles. The maximum absolute atomic E-state index is 12.0. The van der Waals surface area contributed by atoms with Crippen molar-refractivity contribution in [2.75, 3.05) is 13.7 Å². The van der Waals surface area contributed by atoms with Gasteiger partial charge in [0.1, 0.15) is 11.5 Å². The van der Waals surface area contributed by atoms with E-state index in [0.717, 1.165) is 14.9 Å². The van der Waals surface area contributed by atoms with E-state index in [4.69, 9.17) is 9.47 Å². The summed E-state index contributed by atoms with van der Waals surface area (Å²) >= 11 is 2.20. The minimum Gasteiger partial charge on any atom is -0.496 e. The molecule has 1 amide bonds. The van der Waals surface area contributed by atoms with Gasteiger partial charge in [-0.25, -0.2) is 0 Å². The molecule has 2 aromatic carbocycles. The summed E-state index contributed by atoms with van der Waals surface area (Å²) in [6.07, 6.45) is 0. The van der Waals surface area contributed by atoms with Crippen LogP contribution in [0, 0.1) is 3.57 Å². The van der Waals surface area contributed by atoms with Gasteiger partial charge in [0.05, 0.1) is 13.2 Å². The highest BCUT2D eigenvalue weighted by Crippen LogP contribution is 2.24. The molecule has 1 unspecified atom stereocenters. The Morgan fingerprint density at radius 3 is 2.73 bits per heavy atom. The van der Waals surface area contributed by atoms with Crippen molar-refractivity contribution >= 4 is 28.5 Å². The number of carbonyl (C=O) groups excluding carboxylic acids is 1. The molecule has 4 nitrogen and oxygen atoms in total. The smallest absolute Gasteiger partial charge is 0.258 e. The van der Waals surface area contributed by atoms with Crippen molar-refractivity contribution in [3.63, 3.8) is 0 Å². The van der Waals surface area contributed by atoms with E-state index in [1.807, 2.05) is 55.5 Å². The standard InChI is InChI=1S/C17H18INO3/c1-12(15-8-3-4-9-16(15)21-2)19-17(20)11-22-14-7-5-6-13(18)10-14/h3-10,12H,11H2,1-2H3,(H,19,20). The van der Waals surface area contributed by atoms with E-state index in [0.29, 0.717) is 5.75 Å². The number of benzene rings is 2. The van der Waals surface area contributed by atoms with Crippen molar-refractivity contribution in [3.8, 4) is 11.5 Å². The van der Waals surface area contributed by atoms with Crippen LogP contribution in [0.4, 0.5) is 0 Å². The Hall–Kier alpha value is -1.76. The predicted molar refractivity (Wildman–Crippen MR) is 94.2 cm³/mol. The number of hydrogen-bond acceptors (Lipinski definition) is 3. The fraction of sp³-hybridized carbons (Fsp3) is 0.235. The summed E-state index contributed by atoms with van der Waals surface area (Å²) in [5.74, 6) is 1.28. The number of ether oxygens (including phenoxy) is 2. The van der Waals surface area contributed by atoms with Crippen molar-refractivity contribution in [2.45, 2.75) is 13.0 Å². The highest BCUT2D eigenvalue weighted by Gasteiger charge is 2.13. The molecule has 116 valence electrons. The SMILES string of the molecule is COc1ccccc1C(C)NC(=O)COc1cccc(I)c1. The lowest BCUT2D eigenvalue weighted by atomic mass is 10.1. The zero-order valence-corrected chi connectivity index (χ0v) is 14.7. The van der Waals surface area contributed by atoms with E-state index in [9.17, 15) is 4.79 Å². The number of rotatable bonds is 6. The van der Waals surface area contributed by atoms with Gasteiger partial charge in [0, 0.05) is 9.13 Å². The minimum absolute atomic E-state index is 0.0143. The number of carbonyl (C=O) groups is 1. The van der Waals surface area contributed by atoms with Gasteiger partial charge in [-0.2, -0.15) is 0 Å². The normalized spacial score (nSPS) is 11.6. The Morgan fingerprint density at radius 1 is 1.23 bits per heavy atom. The third-order valence-electron chi connectivity index (χ3n) is 3.15. The Labute approximate surface area is 144 Å². The Bertz CT molecular complexity index is 645. The molecule has 0 aliphatic heterocycles. The van der Waals surface area contributed by atoms with Crippen molar-refractivity contribution in [1.29, 1.82) is 0 Å². The quantitative estimate of drug-likeness (QED) is 0.740. The van der Waals surface area contributed by atoms with E-state index < -0.39 is 0 Å². The third kappa shape index (κ3) is 4.62. The van der Waals surface area contributed by atoms with Crippen LogP contribution < -0.4 is 14.8 Å². The molecule has 0 spiro atoms. The van der Waals surface area contributed by atoms with Crippen LogP contribution in [0.5, 0.6) is 11.5 Å². The zero-order chi connectivity index (χ0) is 15.9. The van der Waals surface area contributed by atoms with E-state index in [-0.39, 0.29) is 18.6 Å². The highest BCUT2D eigenvalue weighted by molar-refractivity contribution is 14.1. The van der Waals surface area contributed by atoms with E-state index in [1.165, 1.54) is 0 Å². The molecule has 5 heteroatoms. The summed E-state index contributed by atoms with van der Waals surface area (Å²) in [5, 5.41) is 2.91. The second-order valence-corrected chi connectivity index (χ2v) is 6.02. The summed E-state index contributed by atoms with van der Waals surface area (Å²) in [4.78, 5) is 12.0. The molecule has 0 aliphatic carbocycles. The second-order valence-electron chi connectivity index (χ2n) is 4.78. The number of para-hydroxylation sites is 1. The predicted octanol–water partition coefficient (Wildman–Crippen LogP) is 3.56. The van der Waals surface area contributed by atoms with Gasteiger partial charge in [0.2, 0.25) is 0 Å². The lowest BCUT2D eigenvalue weighted by molar-refractivity contribution is -0.123. The summed E-state index contributed by atoms with van der Waals surface area (Å²) in [5.41, 5.74) is 0.938. The summed E-state index contributed by atoms with van der Waals surface area (Å²) in [6.45, 7) is 1.90. The molecule has 22 heavy (non-hydrogen) atoms. The van der Waals surface area contributed by atoms with Gasteiger partial charge in [0.25, 0.3) is 5.91 Å². The Kier molecular flexibility index (Phi) is 6.06. The van der Waals surface area contributed by atoms with E-state index >= 15 is 0 Å². The van der Waals surface area contributed by atoms with Gasteiger partial charge in [0.15, 0.2) is 6.61 Å². The third-order valence-corrected chi connectivity index (χ3v) is 3.82. The zero-order valence-electron chi connectivity index (χ0n) is 12.5. The number of nitrogens with one attached hydrogen (secondary N) is 1. The molecule has 1 N–H and O–H groups in total. The first-order valence-electron chi connectivity index (χ1n) is 6.91. The molecule has 0 radical (unpaired) electrons. The number of halogens is 1. The van der Waals surface area contributed by atoms with Gasteiger partial charge in [-0.3, -0.25) is 4.79 Å². The molecule has 0 bridgehead atoms. The maximum Gasteiger partial charge on any atom is 0.258 e. The molecular formula is C17H18INO3. The number of hydrogen-bond donors (Lipinski definition) is 1. The fourth-order valence-electron chi connectivity index (χ4n) is 2.09. The molecule has 0 aromatic heterocycles. The Morgan fingerprint density at radius 2 is 2.00 bits per heavy atom. The summed E-state index contributed by atoms with van der Waals surface area (Å²) < 4.78 is 11.9. The van der Waals surface area contributed by atoms with Crippen LogP contribution in [0.15, 0.2) is 48.5 Å². The second kappa shape index (κ2) is 8.03. The van der Waals surface area contributed by atoms with Crippen LogP contribution in [0.3, 0.4) is 0 Å². The van der Waals surface area contributed by atoms with Crippen molar-refractivity contribution in [2.24, 2.45) is 0 Å². The van der Waals surface area contributed by atoms with Gasteiger partial charge >= 0.3 is 0 Å². The molecule has 0 heterocycles. The monoisotopic (exact) mass is 411 g/mol. The topological polar surface area (TPSA) is 47.6 Å². The van der Waals surface area contributed by atoms with Gasteiger partial charge in [-0.05, 0) is 53.8 Å². The van der Waals surface area contributed by atoms with Crippen molar-refractivity contribution < 1.29 is 14.3 Å². The molecule has 2 rings (SSSR count). The Balaban J connectivity index is 1.91. The molecule has 2 aromatic rings. The van der Waals surface area contributed by atoms with Crippen LogP contribution in [0.25, 0.3) is 0 Å². The van der Waals surface area contributed by atoms with Gasteiger partial charge in [-0.1, -0.05) is 24.3 Å². The fourth-order valence-corrected chi connectivity index (χ4v) is 2.61. The molecule has 0 saturated heterocycles. The lowest BCUT2D eigenvalue weighted by Crippen LogP contribution is -2.31. The van der Waals surface area contributed by atoms with Crippen molar-refractivity contribution in [1.82, 2.24) is 5.32 Å². The average molecular weight is 411 g/mol. The van der Waals surface area contributed by atoms with E-state index in [1.54, 1.807) is 7.11 Å². The van der Waals surface area contributed by atoms with Crippen LogP contribution >= 0.6 is 22.6 Å². The largest absolute Gasteiger partial charge is 0.496 e. The average Bonchev–Trinajstić information content (AvgIpc) is 2.53. The number of amides is 1. The molecule has 0 aliphatic rings. The van der Waals surface area contributed by atoms with Crippen LogP contribution in [-0.4, -0.2) is 19.6 Å². The van der Waals surface area contributed by atoms with Gasteiger partial charge in [-0.15, -0.1) is 0 Å². The molecule has 0 fully saturated rings. The first-order valence-corrected chi connectivity index (χ1v) is 7.98. The van der Waals surface area contributed by atoms with Crippen LogP contribution in [-0.2, 0) is 4.79 Å². The molecule has 1 atom stereocenters. The summed E-state index contributed by atoms with van der Waals surface area (Å²) in [6, 6.07) is 15.1. The first kappa shape index (κ1) is 16.6. The van der Waals surface area contributed by atoms with E-state index in [2.05, 4.69) is 27.9 Å². The molecular weight excluding hydrogens is 393 g/mol. The van der Waals surface area contributed by atoms with Crippen LogP contribution in [0.1, 0.15) is 18.5 Å². The summed E-state index contributed by atoms with van der Waals surface area (Å²) in [7, 11) is 1.62. The van der Waals surface area contributed by atoms with Gasteiger partial charge < -0.3 is 14.8 Å². The minimum atomic E-state index is -0.169. The van der Waals surface area contributed by atoms with Crippen molar-refractivity contribution in [3.05, 3.63) is 57.7 Å². The number of methoxy groups -OCH3 is 1.